The number of nitrogens with zero attached hydrogens (tertiary/aromatic N) is 4. The van der Waals surface area contributed by atoms with Crippen LogP contribution in [0.1, 0.15) is 24.9 Å². The van der Waals surface area contributed by atoms with Gasteiger partial charge in [-0.15, -0.1) is 0 Å². The number of carbonyl (C=O) groups excluding carboxylic acids is 1. The maximum Gasteiger partial charge on any atom is 0.459 e. The Morgan fingerprint density at radius 1 is 1.24 bits per heavy atom. The number of rotatable bonds is 9. The van der Waals surface area contributed by atoms with Crippen LogP contribution in [-0.4, -0.2) is 45.2 Å². The number of imidazole rings is 1. The molecule has 4 atom stereocenters. The molecule has 0 saturated heterocycles. The molecule has 0 saturated carbocycles. The number of nitrogen functional groups attached to an aromatic ring is 1. The SMILES string of the molecule is COC(=O)[C@H](C)NP(=O)(OC[C@H]1C=C[C@@H](n2cnc3c(N)ncnc32)C1)Oc1ccc(C(F)(F)F)cc1. The Labute approximate surface area is 209 Å². The highest BCUT2D eigenvalue weighted by molar-refractivity contribution is 7.52. The number of aromatic nitrogens is 4. The number of benzene rings is 1. The number of hydrogen-bond acceptors (Lipinski definition) is 9. The Bertz CT molecular complexity index is 1350. The summed E-state index contributed by atoms with van der Waals surface area (Å²) in [7, 11) is -3.06. The van der Waals surface area contributed by atoms with Crippen molar-refractivity contribution < 1.29 is 36.3 Å². The Morgan fingerprint density at radius 2 is 1.97 bits per heavy atom. The quantitative estimate of drug-likeness (QED) is 0.233. The summed E-state index contributed by atoms with van der Waals surface area (Å²) in [5, 5.41) is 2.47. The van der Waals surface area contributed by atoms with Gasteiger partial charge in [-0.1, -0.05) is 12.2 Å². The number of carbonyl (C=O) groups is 1. The van der Waals surface area contributed by atoms with Crippen molar-refractivity contribution in [1.82, 2.24) is 24.6 Å². The Kier molecular flexibility index (Phi) is 7.53. The van der Waals surface area contributed by atoms with E-state index in [-0.39, 0.29) is 30.1 Å². The predicted molar refractivity (Wildman–Crippen MR) is 126 cm³/mol. The second-order valence-corrected chi connectivity index (χ2v) is 10.0. The first-order valence-corrected chi connectivity index (χ1v) is 12.6. The number of nitrogens with two attached hydrogens (primary N) is 1. The Morgan fingerprint density at radius 3 is 2.65 bits per heavy atom. The molecule has 3 aromatic rings. The molecule has 2 heterocycles. The van der Waals surface area contributed by atoms with Gasteiger partial charge in [-0.25, -0.2) is 19.5 Å². The molecule has 198 valence electrons. The maximum atomic E-state index is 13.5. The fourth-order valence-electron chi connectivity index (χ4n) is 3.79. The van der Waals surface area contributed by atoms with Gasteiger partial charge in [0.25, 0.3) is 0 Å². The topological polar surface area (TPSA) is 143 Å². The predicted octanol–water partition coefficient (Wildman–Crippen LogP) is 3.90. The number of allylic oxidation sites excluding steroid dienone is 1. The third-order valence-corrected chi connectivity index (χ3v) is 7.31. The van der Waals surface area contributed by atoms with Crippen LogP contribution in [0.25, 0.3) is 11.2 Å². The van der Waals surface area contributed by atoms with Gasteiger partial charge in [0, 0.05) is 5.92 Å². The fraction of sp³-hybridized carbons (Fsp3) is 0.364. The van der Waals surface area contributed by atoms with Gasteiger partial charge in [-0.2, -0.15) is 18.3 Å². The van der Waals surface area contributed by atoms with E-state index in [0.29, 0.717) is 17.6 Å². The molecule has 2 aromatic heterocycles. The first kappa shape index (κ1) is 26.6. The zero-order valence-corrected chi connectivity index (χ0v) is 20.6. The van der Waals surface area contributed by atoms with Crippen LogP contribution in [0, 0.1) is 5.92 Å². The van der Waals surface area contributed by atoms with Gasteiger partial charge in [-0.05, 0) is 37.6 Å². The molecule has 0 fully saturated rings. The zero-order chi connectivity index (χ0) is 26.8. The summed E-state index contributed by atoms with van der Waals surface area (Å²) < 4.78 is 69.7. The number of fused-ring (bicyclic) bond motifs is 1. The van der Waals surface area contributed by atoms with Crippen molar-refractivity contribution in [2.24, 2.45) is 5.92 Å². The normalized spacial score (nSPS) is 20.0. The summed E-state index contributed by atoms with van der Waals surface area (Å²) in [6.45, 7) is 1.32. The highest BCUT2D eigenvalue weighted by atomic mass is 31.2. The molecule has 0 spiro atoms. The molecule has 0 aliphatic heterocycles. The van der Waals surface area contributed by atoms with Gasteiger partial charge in [0.1, 0.15) is 23.6 Å². The number of ether oxygens (including phenoxy) is 1. The second kappa shape index (κ2) is 10.5. The molecule has 0 radical (unpaired) electrons. The summed E-state index contributed by atoms with van der Waals surface area (Å²) in [4.78, 5) is 24.3. The van der Waals surface area contributed by atoms with E-state index in [1.807, 2.05) is 16.7 Å². The van der Waals surface area contributed by atoms with Crippen molar-refractivity contribution >= 4 is 30.7 Å². The van der Waals surface area contributed by atoms with Crippen molar-refractivity contribution in [2.75, 3.05) is 19.5 Å². The lowest BCUT2D eigenvalue weighted by Gasteiger charge is -2.24. The van der Waals surface area contributed by atoms with E-state index in [4.69, 9.17) is 14.8 Å². The van der Waals surface area contributed by atoms with Gasteiger partial charge in [-0.3, -0.25) is 9.32 Å². The highest BCUT2D eigenvalue weighted by Crippen LogP contribution is 2.46. The number of nitrogens with one attached hydrogen (secondary N) is 1. The van der Waals surface area contributed by atoms with Crippen LogP contribution in [0.5, 0.6) is 5.75 Å². The molecule has 11 nitrogen and oxygen atoms in total. The van der Waals surface area contributed by atoms with Crippen molar-refractivity contribution in [2.45, 2.75) is 31.6 Å². The van der Waals surface area contributed by atoms with Crippen LogP contribution in [0.15, 0.2) is 49.1 Å². The van der Waals surface area contributed by atoms with Crippen molar-refractivity contribution in [1.29, 1.82) is 0 Å². The van der Waals surface area contributed by atoms with E-state index in [0.717, 1.165) is 31.4 Å². The van der Waals surface area contributed by atoms with Crippen LogP contribution in [0.2, 0.25) is 0 Å². The second-order valence-electron chi connectivity index (χ2n) is 8.31. The molecule has 37 heavy (non-hydrogen) atoms. The van der Waals surface area contributed by atoms with E-state index in [9.17, 15) is 22.5 Å². The number of esters is 1. The first-order chi connectivity index (χ1) is 17.5. The molecule has 1 aromatic carbocycles. The standard InChI is InChI=1S/C22H24F3N6O5P/c1-13(21(32)34-2)30-37(33,36-17-7-4-15(5-8-17)22(23,24)25)35-10-14-3-6-16(9-14)31-12-29-18-19(26)27-11-28-20(18)31/h3-8,11-14,16H,9-10H2,1-2H3,(H,30,33)(H2,26,27,28)/t13-,14-,16+,37?/m0/s1. The zero-order valence-electron chi connectivity index (χ0n) is 19.8. The lowest BCUT2D eigenvalue weighted by Crippen LogP contribution is -2.34. The van der Waals surface area contributed by atoms with Crippen LogP contribution < -0.4 is 15.3 Å². The summed E-state index contributed by atoms with van der Waals surface area (Å²) in [6, 6.07) is 2.41. The number of anilines is 1. The summed E-state index contributed by atoms with van der Waals surface area (Å²) in [6.07, 6.45) is 2.74. The number of methoxy groups -OCH3 is 1. The Balaban J connectivity index is 1.46. The first-order valence-electron chi connectivity index (χ1n) is 11.1. The van der Waals surface area contributed by atoms with Crippen LogP contribution in [0.4, 0.5) is 19.0 Å². The fourth-order valence-corrected chi connectivity index (χ4v) is 5.34. The Hall–Kier alpha value is -3.48. The molecular formula is C22H24F3N6O5P. The average molecular weight is 540 g/mol. The molecule has 3 N–H and O–H groups in total. The summed E-state index contributed by atoms with van der Waals surface area (Å²) >= 11 is 0. The third kappa shape index (κ3) is 6.09. The molecule has 1 unspecified atom stereocenters. The smallest absolute Gasteiger partial charge is 0.459 e. The van der Waals surface area contributed by atoms with Gasteiger partial charge in [0.15, 0.2) is 11.5 Å². The van der Waals surface area contributed by atoms with Gasteiger partial charge >= 0.3 is 19.9 Å². The lowest BCUT2D eigenvalue weighted by molar-refractivity contribution is -0.142. The average Bonchev–Trinajstić information content (AvgIpc) is 3.49. The lowest BCUT2D eigenvalue weighted by atomic mass is 10.1. The molecule has 1 aliphatic rings. The van der Waals surface area contributed by atoms with Crippen LogP contribution in [0.3, 0.4) is 0 Å². The van der Waals surface area contributed by atoms with E-state index >= 15 is 0 Å². The van der Waals surface area contributed by atoms with E-state index in [1.54, 1.807) is 6.33 Å². The van der Waals surface area contributed by atoms with Crippen molar-refractivity contribution in [3.8, 4) is 5.75 Å². The van der Waals surface area contributed by atoms with E-state index in [1.165, 1.54) is 13.3 Å². The van der Waals surface area contributed by atoms with Gasteiger partial charge in [0.2, 0.25) is 0 Å². The minimum atomic E-state index is -4.54. The highest BCUT2D eigenvalue weighted by Gasteiger charge is 2.35. The molecule has 0 amide bonds. The monoisotopic (exact) mass is 540 g/mol. The molecule has 0 bridgehead atoms. The molecule has 4 rings (SSSR count). The number of alkyl halides is 3. The summed E-state index contributed by atoms with van der Waals surface area (Å²) in [5.74, 6) is -0.809. The third-order valence-electron chi connectivity index (χ3n) is 5.67. The van der Waals surface area contributed by atoms with E-state index < -0.39 is 31.5 Å². The van der Waals surface area contributed by atoms with Gasteiger partial charge < -0.3 is 19.6 Å². The number of hydrogen-bond donors (Lipinski definition) is 2. The minimum Gasteiger partial charge on any atom is -0.468 e. The number of halogens is 3. The van der Waals surface area contributed by atoms with Crippen LogP contribution in [-0.2, 0) is 24.8 Å². The maximum absolute atomic E-state index is 13.5. The summed E-state index contributed by atoms with van der Waals surface area (Å²) in [5.41, 5.74) is 6.00. The minimum absolute atomic E-state index is 0.0739. The van der Waals surface area contributed by atoms with Crippen molar-refractivity contribution in [3.63, 3.8) is 0 Å². The van der Waals surface area contributed by atoms with Crippen LogP contribution >= 0.6 is 7.75 Å². The van der Waals surface area contributed by atoms with E-state index in [2.05, 4.69) is 24.8 Å². The molecule has 15 heteroatoms. The van der Waals surface area contributed by atoms with Crippen molar-refractivity contribution in [3.05, 3.63) is 54.6 Å². The molecule has 1 aliphatic carbocycles. The van der Waals surface area contributed by atoms with Gasteiger partial charge in [0.05, 0.1) is 31.6 Å². The largest absolute Gasteiger partial charge is 0.468 e. The molecular weight excluding hydrogens is 516 g/mol.